The molecular formula is C11H15N3O2S3. The minimum atomic E-state index is -3.56. The number of thiazole rings is 1. The molecule has 2 rings (SSSR count). The Kier molecular flexibility index (Phi) is 3.95. The summed E-state index contributed by atoms with van der Waals surface area (Å²) in [6.07, 6.45) is 0. The first-order valence-electron chi connectivity index (χ1n) is 5.58. The third kappa shape index (κ3) is 2.66. The van der Waals surface area contributed by atoms with Crippen LogP contribution < -0.4 is 5.73 Å². The minimum absolute atomic E-state index is 0.215. The highest BCUT2D eigenvalue weighted by Crippen LogP contribution is 2.32. The Morgan fingerprint density at radius 3 is 2.63 bits per heavy atom. The van der Waals surface area contributed by atoms with Crippen LogP contribution in [0, 0.1) is 6.92 Å². The molecule has 0 fully saturated rings. The highest BCUT2D eigenvalue weighted by molar-refractivity contribution is 7.91. The Morgan fingerprint density at radius 1 is 1.47 bits per heavy atom. The first kappa shape index (κ1) is 14.4. The molecule has 0 saturated carbocycles. The molecule has 104 valence electrons. The Morgan fingerprint density at radius 2 is 2.16 bits per heavy atom. The highest BCUT2D eigenvalue weighted by atomic mass is 32.2. The maximum Gasteiger partial charge on any atom is 0.254 e. The Labute approximate surface area is 120 Å². The summed E-state index contributed by atoms with van der Waals surface area (Å²) in [4.78, 5) is 4.98. The van der Waals surface area contributed by atoms with Crippen molar-refractivity contribution in [1.82, 2.24) is 9.29 Å². The summed E-state index contributed by atoms with van der Waals surface area (Å²) in [6.45, 7) is 3.52. The molecule has 8 heteroatoms. The van der Waals surface area contributed by atoms with Crippen LogP contribution in [0.5, 0.6) is 0 Å². The molecular weight excluding hydrogens is 302 g/mol. The molecule has 19 heavy (non-hydrogen) atoms. The highest BCUT2D eigenvalue weighted by Gasteiger charge is 2.30. The van der Waals surface area contributed by atoms with Crippen molar-refractivity contribution in [3.8, 4) is 0 Å². The molecule has 0 spiro atoms. The van der Waals surface area contributed by atoms with Gasteiger partial charge in [0.05, 0.1) is 11.7 Å². The van der Waals surface area contributed by atoms with E-state index in [1.54, 1.807) is 14.0 Å². The predicted molar refractivity (Wildman–Crippen MR) is 78.9 cm³/mol. The van der Waals surface area contributed by atoms with Crippen LogP contribution in [-0.4, -0.2) is 24.8 Å². The maximum atomic E-state index is 12.5. The van der Waals surface area contributed by atoms with Crippen LogP contribution in [0.4, 0.5) is 5.13 Å². The van der Waals surface area contributed by atoms with Crippen molar-refractivity contribution < 1.29 is 8.42 Å². The average Bonchev–Trinajstić information content (AvgIpc) is 2.96. The van der Waals surface area contributed by atoms with Gasteiger partial charge in [0.15, 0.2) is 9.34 Å². The lowest BCUT2D eigenvalue weighted by Gasteiger charge is -2.22. The summed E-state index contributed by atoms with van der Waals surface area (Å²) in [5.41, 5.74) is 6.03. The number of sulfonamides is 1. The van der Waals surface area contributed by atoms with E-state index < -0.39 is 10.0 Å². The fraction of sp³-hybridized carbons (Fsp3) is 0.364. The van der Waals surface area contributed by atoms with Gasteiger partial charge in [-0.25, -0.2) is 13.4 Å². The van der Waals surface area contributed by atoms with Gasteiger partial charge in [0.2, 0.25) is 0 Å². The predicted octanol–water partition coefficient (Wildman–Crippen LogP) is 2.48. The number of nitrogens with zero attached hydrogens (tertiary/aromatic N) is 2. The fourth-order valence-electron chi connectivity index (χ4n) is 1.69. The molecule has 0 saturated heterocycles. The molecule has 2 heterocycles. The standard InChI is InChI=1S/C11H15N3O2S3/c1-7-10(18-11(12)13-7)19(15,16)14(3)8(2)9-5-4-6-17-9/h4-6,8H,1-3H3,(H2,12,13). The SMILES string of the molecule is Cc1nc(N)sc1S(=O)(=O)N(C)C(C)c1cccs1. The van der Waals surface area contributed by atoms with Crippen molar-refractivity contribution in [3.63, 3.8) is 0 Å². The van der Waals surface area contributed by atoms with Gasteiger partial charge in [-0.3, -0.25) is 0 Å². The summed E-state index contributed by atoms with van der Waals surface area (Å²) < 4.78 is 26.7. The normalized spacial score (nSPS) is 13.9. The van der Waals surface area contributed by atoms with Crippen LogP contribution in [0.3, 0.4) is 0 Å². The molecule has 5 nitrogen and oxygen atoms in total. The van der Waals surface area contributed by atoms with Gasteiger partial charge in [-0.05, 0) is 25.3 Å². The molecule has 0 aromatic carbocycles. The van der Waals surface area contributed by atoms with Crippen molar-refractivity contribution >= 4 is 37.8 Å². The number of thiophene rings is 1. The van der Waals surface area contributed by atoms with E-state index in [1.165, 1.54) is 15.6 Å². The topological polar surface area (TPSA) is 76.3 Å². The lowest BCUT2D eigenvalue weighted by Crippen LogP contribution is -2.29. The quantitative estimate of drug-likeness (QED) is 0.940. The zero-order valence-electron chi connectivity index (χ0n) is 10.8. The molecule has 0 aliphatic carbocycles. The second-order valence-electron chi connectivity index (χ2n) is 4.14. The molecule has 1 atom stereocenters. The summed E-state index contributed by atoms with van der Waals surface area (Å²) in [5.74, 6) is 0. The van der Waals surface area contributed by atoms with E-state index in [9.17, 15) is 8.42 Å². The van der Waals surface area contributed by atoms with Gasteiger partial charge in [0.1, 0.15) is 0 Å². The Balaban J connectivity index is 2.37. The summed E-state index contributed by atoms with van der Waals surface area (Å²) in [5, 5.41) is 2.20. The molecule has 0 aliphatic heterocycles. The molecule has 2 N–H and O–H groups in total. The zero-order chi connectivity index (χ0) is 14.2. The number of hydrogen-bond acceptors (Lipinski definition) is 6. The van der Waals surface area contributed by atoms with Gasteiger partial charge < -0.3 is 5.73 Å². The van der Waals surface area contributed by atoms with E-state index in [0.717, 1.165) is 16.2 Å². The molecule has 2 aromatic heterocycles. The Hall–Kier alpha value is -0.960. The van der Waals surface area contributed by atoms with Crippen LogP contribution >= 0.6 is 22.7 Å². The van der Waals surface area contributed by atoms with Gasteiger partial charge in [0.25, 0.3) is 10.0 Å². The number of anilines is 1. The molecule has 0 radical (unpaired) electrons. The first-order chi connectivity index (χ1) is 8.84. The van der Waals surface area contributed by atoms with Gasteiger partial charge in [-0.2, -0.15) is 4.31 Å². The van der Waals surface area contributed by atoms with Crippen molar-refractivity contribution in [2.75, 3.05) is 12.8 Å². The Bertz CT molecular complexity index is 661. The smallest absolute Gasteiger partial charge is 0.254 e. The van der Waals surface area contributed by atoms with E-state index in [1.807, 2.05) is 24.4 Å². The first-order valence-corrected chi connectivity index (χ1v) is 8.72. The average molecular weight is 317 g/mol. The number of nitrogen functional groups attached to an aromatic ring is 1. The number of rotatable bonds is 4. The van der Waals surface area contributed by atoms with E-state index >= 15 is 0 Å². The molecule has 0 aliphatic rings. The van der Waals surface area contributed by atoms with Crippen LogP contribution in [0.25, 0.3) is 0 Å². The molecule has 0 amide bonds. The minimum Gasteiger partial charge on any atom is -0.375 e. The van der Waals surface area contributed by atoms with Crippen molar-refractivity contribution in [2.45, 2.75) is 24.1 Å². The van der Waals surface area contributed by atoms with E-state index in [2.05, 4.69) is 4.98 Å². The number of aromatic nitrogens is 1. The number of nitrogens with two attached hydrogens (primary N) is 1. The van der Waals surface area contributed by atoms with Crippen molar-refractivity contribution in [2.24, 2.45) is 0 Å². The van der Waals surface area contributed by atoms with Crippen LogP contribution in [-0.2, 0) is 10.0 Å². The third-order valence-electron chi connectivity index (χ3n) is 2.88. The molecule has 0 bridgehead atoms. The molecule has 1 unspecified atom stereocenters. The second kappa shape index (κ2) is 5.20. The van der Waals surface area contributed by atoms with Crippen molar-refractivity contribution in [1.29, 1.82) is 0 Å². The van der Waals surface area contributed by atoms with Gasteiger partial charge >= 0.3 is 0 Å². The van der Waals surface area contributed by atoms with Gasteiger partial charge in [-0.15, -0.1) is 11.3 Å². The van der Waals surface area contributed by atoms with Crippen LogP contribution in [0.15, 0.2) is 21.7 Å². The largest absolute Gasteiger partial charge is 0.375 e. The number of hydrogen-bond donors (Lipinski definition) is 1. The maximum absolute atomic E-state index is 12.5. The summed E-state index contributed by atoms with van der Waals surface area (Å²) >= 11 is 2.54. The summed E-state index contributed by atoms with van der Waals surface area (Å²) in [6, 6.07) is 3.62. The second-order valence-corrected chi connectivity index (χ2v) is 8.34. The van der Waals surface area contributed by atoms with E-state index in [0.29, 0.717) is 5.69 Å². The lowest BCUT2D eigenvalue weighted by molar-refractivity contribution is 0.403. The lowest BCUT2D eigenvalue weighted by atomic mass is 10.3. The third-order valence-corrected chi connectivity index (χ3v) is 7.43. The van der Waals surface area contributed by atoms with Crippen LogP contribution in [0.2, 0.25) is 0 Å². The number of aryl methyl sites for hydroxylation is 1. The van der Waals surface area contributed by atoms with Crippen LogP contribution in [0.1, 0.15) is 23.5 Å². The van der Waals surface area contributed by atoms with Gasteiger partial charge in [-0.1, -0.05) is 17.4 Å². The van der Waals surface area contributed by atoms with E-state index in [-0.39, 0.29) is 15.4 Å². The zero-order valence-corrected chi connectivity index (χ0v) is 13.3. The van der Waals surface area contributed by atoms with E-state index in [4.69, 9.17) is 5.73 Å². The van der Waals surface area contributed by atoms with Crippen molar-refractivity contribution in [3.05, 3.63) is 28.1 Å². The fourth-order valence-corrected chi connectivity index (χ4v) is 5.39. The van der Waals surface area contributed by atoms with Gasteiger partial charge in [0, 0.05) is 11.9 Å². The summed E-state index contributed by atoms with van der Waals surface area (Å²) in [7, 11) is -1.98. The molecule has 2 aromatic rings. The monoisotopic (exact) mass is 317 g/mol.